The molecule has 2 heteroatoms. The van der Waals surface area contributed by atoms with Crippen molar-refractivity contribution >= 4 is 11.5 Å². The summed E-state index contributed by atoms with van der Waals surface area (Å²) in [5.41, 5.74) is 7.22. The SMILES string of the molecule is Cc1ccccc1-c1cc(-c2ccc(-c3ccccc3)cc2)sn1. The monoisotopic (exact) mass is 327 g/mol. The molecular formula is C22H17NS. The minimum Gasteiger partial charge on any atom is -0.192 e. The van der Waals surface area contributed by atoms with Crippen LogP contribution in [-0.2, 0) is 0 Å². The van der Waals surface area contributed by atoms with E-state index in [0.717, 1.165) is 5.69 Å². The number of hydrogen-bond acceptors (Lipinski definition) is 2. The van der Waals surface area contributed by atoms with Crippen LogP contribution in [0.3, 0.4) is 0 Å². The molecule has 0 N–H and O–H groups in total. The van der Waals surface area contributed by atoms with E-state index in [1.807, 2.05) is 6.07 Å². The summed E-state index contributed by atoms with van der Waals surface area (Å²) in [6, 6.07) is 29.7. The van der Waals surface area contributed by atoms with Gasteiger partial charge in [0.25, 0.3) is 0 Å². The standard InChI is InChI=1S/C22H17NS/c1-16-7-5-6-10-20(16)21-15-22(24-23-21)19-13-11-18(12-14-19)17-8-3-2-4-9-17/h2-15H,1H3. The molecule has 0 bridgehead atoms. The largest absolute Gasteiger partial charge is 0.192 e. The molecule has 0 aliphatic rings. The Balaban J connectivity index is 1.65. The van der Waals surface area contributed by atoms with Crippen LogP contribution >= 0.6 is 11.5 Å². The van der Waals surface area contributed by atoms with Gasteiger partial charge in [0.1, 0.15) is 0 Å². The summed E-state index contributed by atoms with van der Waals surface area (Å²) in [5.74, 6) is 0. The van der Waals surface area contributed by atoms with E-state index >= 15 is 0 Å². The van der Waals surface area contributed by atoms with Crippen molar-refractivity contribution in [3.63, 3.8) is 0 Å². The summed E-state index contributed by atoms with van der Waals surface area (Å²) in [4.78, 5) is 1.20. The summed E-state index contributed by atoms with van der Waals surface area (Å²) in [5, 5.41) is 0. The van der Waals surface area contributed by atoms with E-state index in [-0.39, 0.29) is 0 Å². The van der Waals surface area contributed by atoms with Crippen LogP contribution in [0.2, 0.25) is 0 Å². The maximum absolute atomic E-state index is 4.65. The molecular weight excluding hydrogens is 310 g/mol. The van der Waals surface area contributed by atoms with E-state index in [4.69, 9.17) is 0 Å². The van der Waals surface area contributed by atoms with Crippen molar-refractivity contribution in [1.82, 2.24) is 4.37 Å². The van der Waals surface area contributed by atoms with Crippen molar-refractivity contribution in [2.75, 3.05) is 0 Å². The number of benzene rings is 3. The maximum atomic E-state index is 4.65. The molecule has 0 atom stereocenters. The van der Waals surface area contributed by atoms with Gasteiger partial charge in [-0.25, -0.2) is 0 Å². The Morgan fingerprint density at radius 1 is 0.667 bits per heavy atom. The van der Waals surface area contributed by atoms with Gasteiger partial charge in [-0.15, -0.1) is 0 Å². The summed E-state index contributed by atoms with van der Waals surface area (Å²) in [7, 11) is 0. The quantitative estimate of drug-likeness (QED) is 0.421. The van der Waals surface area contributed by atoms with Crippen molar-refractivity contribution in [3.05, 3.63) is 90.5 Å². The zero-order valence-corrected chi connectivity index (χ0v) is 14.3. The van der Waals surface area contributed by atoms with Crippen molar-refractivity contribution in [2.45, 2.75) is 6.92 Å². The smallest absolute Gasteiger partial charge is 0.0849 e. The number of aromatic nitrogens is 1. The molecule has 0 aliphatic heterocycles. The van der Waals surface area contributed by atoms with Crippen molar-refractivity contribution in [2.24, 2.45) is 0 Å². The third-order valence-corrected chi connectivity index (χ3v) is 5.05. The topological polar surface area (TPSA) is 12.9 Å². The molecule has 116 valence electrons. The van der Waals surface area contributed by atoms with Crippen LogP contribution in [0.5, 0.6) is 0 Å². The molecule has 4 rings (SSSR count). The number of nitrogens with zero attached hydrogens (tertiary/aromatic N) is 1. The minimum absolute atomic E-state index is 1.06. The second-order valence-electron chi connectivity index (χ2n) is 5.83. The molecule has 0 saturated heterocycles. The van der Waals surface area contributed by atoms with Gasteiger partial charge in [-0.1, -0.05) is 78.9 Å². The van der Waals surface area contributed by atoms with E-state index in [1.165, 1.54) is 32.7 Å². The van der Waals surface area contributed by atoms with E-state index in [1.54, 1.807) is 11.5 Å². The number of rotatable bonds is 3. The van der Waals surface area contributed by atoms with Crippen LogP contribution in [0.25, 0.3) is 32.8 Å². The van der Waals surface area contributed by atoms with Gasteiger partial charge in [-0.05, 0) is 46.8 Å². The van der Waals surface area contributed by atoms with E-state index in [2.05, 4.69) is 90.2 Å². The lowest BCUT2D eigenvalue weighted by Crippen LogP contribution is -1.81. The summed E-state index contributed by atoms with van der Waals surface area (Å²) < 4.78 is 4.65. The van der Waals surface area contributed by atoms with Crippen LogP contribution in [0.4, 0.5) is 0 Å². The lowest BCUT2D eigenvalue weighted by Gasteiger charge is -2.03. The van der Waals surface area contributed by atoms with Gasteiger partial charge in [0, 0.05) is 5.56 Å². The third-order valence-electron chi connectivity index (χ3n) is 4.21. The van der Waals surface area contributed by atoms with E-state index in [0.29, 0.717) is 0 Å². The van der Waals surface area contributed by atoms with Crippen molar-refractivity contribution < 1.29 is 0 Å². The number of hydrogen-bond donors (Lipinski definition) is 0. The molecule has 0 aliphatic carbocycles. The lowest BCUT2D eigenvalue weighted by molar-refractivity contribution is 1.42. The highest BCUT2D eigenvalue weighted by Crippen LogP contribution is 2.32. The first-order valence-corrected chi connectivity index (χ1v) is 8.77. The molecule has 0 saturated carbocycles. The summed E-state index contributed by atoms with van der Waals surface area (Å²) >= 11 is 1.56. The predicted octanol–water partition coefficient (Wildman–Crippen LogP) is 6.45. The lowest BCUT2D eigenvalue weighted by atomic mass is 10.0. The molecule has 0 fully saturated rings. The maximum Gasteiger partial charge on any atom is 0.0849 e. The van der Waals surface area contributed by atoms with Gasteiger partial charge in [-0.3, -0.25) is 0 Å². The highest BCUT2D eigenvalue weighted by Gasteiger charge is 2.08. The van der Waals surface area contributed by atoms with Crippen molar-refractivity contribution in [1.29, 1.82) is 0 Å². The zero-order valence-electron chi connectivity index (χ0n) is 13.4. The van der Waals surface area contributed by atoms with Crippen LogP contribution in [0.1, 0.15) is 5.56 Å². The summed E-state index contributed by atoms with van der Waals surface area (Å²) in [6.45, 7) is 2.13. The first kappa shape index (κ1) is 14.9. The molecule has 1 heterocycles. The van der Waals surface area contributed by atoms with Gasteiger partial charge in [0.15, 0.2) is 0 Å². The second kappa shape index (κ2) is 6.42. The first-order chi connectivity index (χ1) is 11.8. The second-order valence-corrected chi connectivity index (χ2v) is 6.64. The van der Waals surface area contributed by atoms with Gasteiger partial charge in [0.2, 0.25) is 0 Å². The Bertz CT molecular complexity index is 953. The average Bonchev–Trinajstić information content (AvgIpc) is 3.13. The Morgan fingerprint density at radius 2 is 1.29 bits per heavy atom. The van der Waals surface area contributed by atoms with Gasteiger partial charge < -0.3 is 0 Å². The fraction of sp³-hybridized carbons (Fsp3) is 0.0455. The van der Waals surface area contributed by atoms with Gasteiger partial charge in [-0.2, -0.15) is 4.37 Å². The van der Waals surface area contributed by atoms with Gasteiger partial charge >= 0.3 is 0 Å². The molecule has 1 nitrogen and oxygen atoms in total. The predicted molar refractivity (Wildman–Crippen MR) is 103 cm³/mol. The van der Waals surface area contributed by atoms with Crippen LogP contribution in [0.15, 0.2) is 84.9 Å². The molecule has 0 radical (unpaired) electrons. The minimum atomic E-state index is 1.06. The van der Waals surface area contributed by atoms with Crippen LogP contribution < -0.4 is 0 Å². The molecule has 0 amide bonds. The molecule has 0 spiro atoms. The number of aryl methyl sites for hydroxylation is 1. The Kier molecular flexibility index (Phi) is 3.97. The third kappa shape index (κ3) is 2.89. The van der Waals surface area contributed by atoms with E-state index in [9.17, 15) is 0 Å². The first-order valence-electron chi connectivity index (χ1n) is 8.00. The average molecular weight is 327 g/mol. The Morgan fingerprint density at radius 3 is 2.04 bits per heavy atom. The normalized spacial score (nSPS) is 10.7. The van der Waals surface area contributed by atoms with Gasteiger partial charge in [0.05, 0.1) is 10.6 Å². The molecule has 4 aromatic rings. The zero-order chi connectivity index (χ0) is 16.4. The molecule has 0 unspecified atom stereocenters. The Labute approximate surface area is 146 Å². The van der Waals surface area contributed by atoms with Crippen LogP contribution in [0, 0.1) is 6.92 Å². The highest BCUT2D eigenvalue weighted by molar-refractivity contribution is 7.09. The molecule has 3 aromatic carbocycles. The molecule has 24 heavy (non-hydrogen) atoms. The van der Waals surface area contributed by atoms with Crippen molar-refractivity contribution in [3.8, 4) is 32.8 Å². The highest BCUT2D eigenvalue weighted by atomic mass is 32.1. The Hall–Kier alpha value is -2.71. The van der Waals surface area contributed by atoms with Crippen LogP contribution in [-0.4, -0.2) is 4.37 Å². The molecule has 1 aromatic heterocycles. The summed E-state index contributed by atoms with van der Waals surface area (Å²) in [6.07, 6.45) is 0. The fourth-order valence-corrected chi connectivity index (χ4v) is 3.61. The van der Waals surface area contributed by atoms with E-state index < -0.39 is 0 Å². The fourth-order valence-electron chi connectivity index (χ4n) is 2.86.